The third-order valence-electron chi connectivity index (χ3n) is 4.95. The number of benzene rings is 1. The second-order valence-corrected chi connectivity index (χ2v) is 6.68. The van der Waals surface area contributed by atoms with Crippen molar-refractivity contribution in [2.45, 2.75) is 51.3 Å². The first-order valence-electron chi connectivity index (χ1n) is 7.72. The van der Waals surface area contributed by atoms with Crippen LogP contribution in [-0.2, 0) is 23.1 Å². The lowest BCUT2D eigenvalue weighted by Gasteiger charge is -2.28. The molecular formula is C16H22BClO4. The van der Waals surface area contributed by atoms with Gasteiger partial charge in [-0.25, -0.2) is 0 Å². The van der Waals surface area contributed by atoms with Crippen molar-refractivity contribution in [1.29, 1.82) is 0 Å². The van der Waals surface area contributed by atoms with E-state index in [2.05, 4.69) is 0 Å². The molecule has 120 valence electrons. The standard InChI is InChI=1S/C16H22BClO4/c1-3-10-8-13-11(9-14(10)18)7-12(5-4-6-17(21)22)16(13,2)15(19)20/h8-9,12,21-22H,3-7H2,1-2H3,(H,19,20)/t12-,16-/m0/s1. The van der Waals surface area contributed by atoms with E-state index in [0.717, 1.165) is 23.1 Å². The number of rotatable bonds is 6. The van der Waals surface area contributed by atoms with Crippen molar-refractivity contribution in [1.82, 2.24) is 0 Å². The number of aryl methyl sites for hydroxylation is 1. The Kier molecular flexibility index (Phi) is 5.20. The van der Waals surface area contributed by atoms with Gasteiger partial charge in [-0.05, 0) is 61.2 Å². The second kappa shape index (κ2) is 6.61. The molecule has 0 bridgehead atoms. The minimum atomic E-state index is -1.33. The minimum Gasteiger partial charge on any atom is -0.481 e. The quantitative estimate of drug-likeness (QED) is 0.703. The smallest absolute Gasteiger partial charge is 0.451 e. The number of fused-ring (bicyclic) bond motifs is 1. The molecule has 0 saturated heterocycles. The highest BCUT2D eigenvalue weighted by Gasteiger charge is 2.48. The van der Waals surface area contributed by atoms with E-state index in [0.29, 0.717) is 24.3 Å². The number of carbonyl (C=O) groups is 1. The van der Waals surface area contributed by atoms with E-state index in [1.54, 1.807) is 6.92 Å². The monoisotopic (exact) mass is 324 g/mol. The van der Waals surface area contributed by atoms with Crippen LogP contribution in [-0.4, -0.2) is 28.2 Å². The zero-order chi connectivity index (χ0) is 16.5. The molecule has 0 aliphatic heterocycles. The summed E-state index contributed by atoms with van der Waals surface area (Å²) in [6.07, 6.45) is 2.94. The number of hydrogen-bond donors (Lipinski definition) is 3. The summed E-state index contributed by atoms with van der Waals surface area (Å²) in [5.41, 5.74) is 1.89. The van der Waals surface area contributed by atoms with Crippen molar-refractivity contribution < 1.29 is 19.9 Å². The van der Waals surface area contributed by atoms with E-state index >= 15 is 0 Å². The largest absolute Gasteiger partial charge is 0.481 e. The third kappa shape index (κ3) is 3.03. The van der Waals surface area contributed by atoms with Crippen LogP contribution >= 0.6 is 11.6 Å². The van der Waals surface area contributed by atoms with E-state index in [4.69, 9.17) is 21.6 Å². The van der Waals surface area contributed by atoms with Gasteiger partial charge in [0.05, 0.1) is 5.41 Å². The van der Waals surface area contributed by atoms with Gasteiger partial charge in [0.25, 0.3) is 0 Å². The van der Waals surface area contributed by atoms with Gasteiger partial charge in [0, 0.05) is 5.02 Å². The zero-order valence-electron chi connectivity index (χ0n) is 13.0. The molecule has 4 nitrogen and oxygen atoms in total. The van der Waals surface area contributed by atoms with Crippen molar-refractivity contribution >= 4 is 24.7 Å². The molecule has 0 aromatic heterocycles. The Bertz CT molecular complexity index is 576. The summed E-state index contributed by atoms with van der Waals surface area (Å²) in [6.45, 7) is 3.77. The first-order chi connectivity index (χ1) is 10.3. The Morgan fingerprint density at radius 3 is 2.68 bits per heavy atom. The predicted molar refractivity (Wildman–Crippen MR) is 87.2 cm³/mol. The maximum atomic E-state index is 11.9. The van der Waals surface area contributed by atoms with Crippen LogP contribution in [0.5, 0.6) is 0 Å². The molecule has 2 atom stereocenters. The van der Waals surface area contributed by atoms with Crippen LogP contribution in [0.4, 0.5) is 0 Å². The lowest BCUT2D eigenvalue weighted by Crippen LogP contribution is -2.37. The van der Waals surface area contributed by atoms with E-state index < -0.39 is 18.5 Å². The number of carboxylic acid groups (broad SMARTS) is 1. The van der Waals surface area contributed by atoms with Crippen LogP contribution in [0.3, 0.4) is 0 Å². The van der Waals surface area contributed by atoms with Crippen molar-refractivity contribution in [3.05, 3.63) is 33.8 Å². The molecule has 0 spiro atoms. The molecule has 0 heterocycles. The van der Waals surface area contributed by atoms with E-state index in [-0.39, 0.29) is 12.2 Å². The summed E-state index contributed by atoms with van der Waals surface area (Å²) < 4.78 is 0. The van der Waals surface area contributed by atoms with Gasteiger partial charge in [-0.1, -0.05) is 31.0 Å². The van der Waals surface area contributed by atoms with Gasteiger partial charge in [0.1, 0.15) is 0 Å². The van der Waals surface area contributed by atoms with Crippen LogP contribution in [0.1, 0.15) is 43.4 Å². The first kappa shape index (κ1) is 17.3. The molecule has 0 saturated carbocycles. The predicted octanol–water partition coefficient (Wildman–Crippen LogP) is 2.67. The highest BCUT2D eigenvalue weighted by atomic mass is 35.5. The Morgan fingerprint density at radius 1 is 1.45 bits per heavy atom. The Balaban J connectivity index is 2.34. The van der Waals surface area contributed by atoms with Gasteiger partial charge in [-0.2, -0.15) is 0 Å². The molecule has 1 aromatic carbocycles. The normalized spacial score (nSPS) is 23.4. The average molecular weight is 325 g/mol. The summed E-state index contributed by atoms with van der Waals surface area (Å²) in [5.74, 6) is -0.882. The van der Waals surface area contributed by atoms with E-state index in [9.17, 15) is 9.90 Å². The van der Waals surface area contributed by atoms with Crippen LogP contribution in [0.15, 0.2) is 12.1 Å². The van der Waals surface area contributed by atoms with Crippen LogP contribution in [0.25, 0.3) is 0 Å². The molecule has 0 unspecified atom stereocenters. The van der Waals surface area contributed by atoms with Crippen molar-refractivity contribution in [2.75, 3.05) is 0 Å². The maximum Gasteiger partial charge on any atom is 0.451 e. The number of halogens is 1. The van der Waals surface area contributed by atoms with Gasteiger partial charge in [-0.3, -0.25) is 4.79 Å². The van der Waals surface area contributed by atoms with Gasteiger partial charge in [0.2, 0.25) is 0 Å². The van der Waals surface area contributed by atoms with Gasteiger partial charge in [0.15, 0.2) is 0 Å². The fourth-order valence-electron chi connectivity index (χ4n) is 3.50. The van der Waals surface area contributed by atoms with E-state index in [1.807, 2.05) is 19.1 Å². The summed E-state index contributed by atoms with van der Waals surface area (Å²) in [7, 11) is -1.33. The van der Waals surface area contributed by atoms with Gasteiger partial charge < -0.3 is 15.2 Å². The average Bonchev–Trinajstić information content (AvgIpc) is 2.71. The molecule has 0 fully saturated rings. The lowest BCUT2D eigenvalue weighted by molar-refractivity contribution is -0.145. The first-order valence-corrected chi connectivity index (χ1v) is 8.09. The van der Waals surface area contributed by atoms with Gasteiger partial charge in [-0.15, -0.1) is 0 Å². The molecule has 0 amide bonds. The Morgan fingerprint density at radius 2 is 2.14 bits per heavy atom. The Hall–Kier alpha value is -1.04. The van der Waals surface area contributed by atoms with Gasteiger partial charge >= 0.3 is 13.1 Å². The summed E-state index contributed by atoms with van der Waals surface area (Å²) >= 11 is 6.26. The van der Waals surface area contributed by atoms with Crippen LogP contribution < -0.4 is 0 Å². The van der Waals surface area contributed by atoms with Crippen molar-refractivity contribution in [3.8, 4) is 0 Å². The zero-order valence-corrected chi connectivity index (χ0v) is 13.7. The molecule has 1 aromatic rings. The Labute approximate surface area is 136 Å². The molecule has 3 N–H and O–H groups in total. The fourth-order valence-corrected chi connectivity index (χ4v) is 3.82. The lowest BCUT2D eigenvalue weighted by atomic mass is 9.72. The number of carboxylic acids is 1. The summed E-state index contributed by atoms with van der Waals surface area (Å²) in [4.78, 5) is 11.9. The van der Waals surface area contributed by atoms with Crippen LogP contribution in [0.2, 0.25) is 11.3 Å². The number of hydrogen-bond acceptors (Lipinski definition) is 3. The minimum absolute atomic E-state index is 0.0538. The van der Waals surface area contributed by atoms with Crippen LogP contribution in [0, 0.1) is 5.92 Å². The molecule has 1 aliphatic carbocycles. The van der Waals surface area contributed by atoms with Crippen molar-refractivity contribution in [3.63, 3.8) is 0 Å². The van der Waals surface area contributed by atoms with E-state index in [1.165, 1.54) is 0 Å². The SMILES string of the molecule is CCc1cc2c(cc1Cl)C[C@H](CCCB(O)O)[C@]2(C)C(=O)O. The highest BCUT2D eigenvalue weighted by Crippen LogP contribution is 2.47. The fraction of sp³-hybridized carbons (Fsp3) is 0.562. The molecule has 1 aliphatic rings. The third-order valence-corrected chi connectivity index (χ3v) is 5.31. The van der Waals surface area contributed by atoms with Crippen molar-refractivity contribution in [2.24, 2.45) is 5.92 Å². The molecule has 22 heavy (non-hydrogen) atoms. The molecule has 6 heteroatoms. The molecular weight excluding hydrogens is 302 g/mol. The highest BCUT2D eigenvalue weighted by molar-refractivity contribution is 6.40. The maximum absolute atomic E-state index is 11.9. The number of aliphatic carboxylic acids is 1. The second-order valence-electron chi connectivity index (χ2n) is 6.27. The molecule has 2 rings (SSSR count). The summed E-state index contributed by atoms with van der Waals surface area (Å²) in [5, 5.41) is 28.4. The molecule has 0 radical (unpaired) electrons. The summed E-state index contributed by atoms with van der Waals surface area (Å²) in [6, 6.07) is 3.84. The topological polar surface area (TPSA) is 77.8 Å².